The van der Waals surface area contributed by atoms with Gasteiger partial charge in [-0.25, -0.2) is 0 Å². The van der Waals surface area contributed by atoms with E-state index in [2.05, 4.69) is 11.8 Å². The fourth-order valence-corrected chi connectivity index (χ4v) is 1.62. The number of ether oxygens (including phenoxy) is 2. The van der Waals surface area contributed by atoms with Crippen molar-refractivity contribution in [1.29, 1.82) is 0 Å². The van der Waals surface area contributed by atoms with Gasteiger partial charge in [-0.05, 0) is 32.1 Å². The van der Waals surface area contributed by atoms with Gasteiger partial charge in [0, 0.05) is 19.4 Å². The number of carbonyl (C=O) groups is 1. The van der Waals surface area contributed by atoms with Gasteiger partial charge in [-0.15, -0.1) is 0 Å². The first-order valence-electron chi connectivity index (χ1n) is 6.01. The molecule has 0 bridgehead atoms. The van der Waals surface area contributed by atoms with Gasteiger partial charge in [-0.3, -0.25) is 4.79 Å². The molecule has 0 N–H and O–H groups in total. The van der Waals surface area contributed by atoms with Gasteiger partial charge in [-0.1, -0.05) is 12.8 Å². The largest absolute Gasteiger partial charge is 0.353 e. The van der Waals surface area contributed by atoms with Crippen molar-refractivity contribution >= 4 is 5.78 Å². The molecule has 0 saturated carbocycles. The number of ketones is 1. The minimum absolute atomic E-state index is 0.0508. The van der Waals surface area contributed by atoms with E-state index in [4.69, 9.17) is 9.47 Å². The standard InChI is InChI=1S/C13H20O3/c1-3-4-7-12(14)10-11(2)16-13-8-5-6-9-15-13/h11,13H,3,5-6,8-10H2,1-2H3/t11-,13?/m1/s1. The van der Waals surface area contributed by atoms with Gasteiger partial charge < -0.3 is 9.47 Å². The van der Waals surface area contributed by atoms with Crippen LogP contribution < -0.4 is 0 Å². The number of carbonyl (C=O) groups excluding carboxylic acids is 1. The molecule has 1 fully saturated rings. The molecule has 1 aliphatic heterocycles. The predicted octanol–water partition coefficient (Wildman–Crippen LogP) is 2.29. The van der Waals surface area contributed by atoms with Crippen LogP contribution in [-0.2, 0) is 14.3 Å². The molecule has 0 radical (unpaired) electrons. The summed E-state index contributed by atoms with van der Waals surface area (Å²) in [4.78, 5) is 11.4. The van der Waals surface area contributed by atoms with E-state index in [0.717, 1.165) is 25.9 Å². The summed E-state index contributed by atoms with van der Waals surface area (Å²) in [5, 5.41) is 0. The number of rotatable bonds is 4. The summed E-state index contributed by atoms with van der Waals surface area (Å²) in [6, 6.07) is 0. The van der Waals surface area contributed by atoms with Crippen LogP contribution in [-0.4, -0.2) is 24.8 Å². The molecule has 1 saturated heterocycles. The van der Waals surface area contributed by atoms with Crippen LogP contribution in [0.25, 0.3) is 0 Å². The Bertz CT molecular complexity index is 269. The average molecular weight is 224 g/mol. The normalized spacial score (nSPS) is 22.0. The molecule has 16 heavy (non-hydrogen) atoms. The second kappa shape index (κ2) is 7.43. The van der Waals surface area contributed by atoms with Gasteiger partial charge in [0.1, 0.15) is 0 Å². The zero-order valence-electron chi connectivity index (χ0n) is 10.1. The molecule has 0 aromatic heterocycles. The van der Waals surface area contributed by atoms with Crippen LogP contribution >= 0.6 is 0 Å². The Morgan fingerprint density at radius 3 is 3.00 bits per heavy atom. The van der Waals surface area contributed by atoms with Crippen LogP contribution in [0.1, 0.15) is 46.0 Å². The Labute approximate surface area is 97.5 Å². The highest BCUT2D eigenvalue weighted by atomic mass is 16.7. The molecule has 3 heteroatoms. The number of hydrogen-bond acceptors (Lipinski definition) is 3. The Morgan fingerprint density at radius 2 is 2.38 bits per heavy atom. The minimum atomic E-state index is -0.129. The van der Waals surface area contributed by atoms with Crippen LogP contribution in [0.4, 0.5) is 0 Å². The highest BCUT2D eigenvalue weighted by molar-refractivity contribution is 5.95. The SMILES string of the molecule is CCC#CC(=O)C[C@@H](C)OC1CCCCO1. The molecule has 90 valence electrons. The first-order valence-corrected chi connectivity index (χ1v) is 6.01. The topological polar surface area (TPSA) is 35.5 Å². The molecule has 0 aliphatic carbocycles. The zero-order chi connectivity index (χ0) is 11.8. The van der Waals surface area contributed by atoms with Gasteiger partial charge in [0.15, 0.2) is 6.29 Å². The first-order chi connectivity index (χ1) is 7.72. The van der Waals surface area contributed by atoms with E-state index in [-0.39, 0.29) is 18.2 Å². The lowest BCUT2D eigenvalue weighted by atomic mass is 10.2. The van der Waals surface area contributed by atoms with E-state index >= 15 is 0 Å². The highest BCUT2D eigenvalue weighted by Crippen LogP contribution is 2.16. The van der Waals surface area contributed by atoms with E-state index in [0.29, 0.717) is 12.8 Å². The van der Waals surface area contributed by atoms with Crippen molar-refractivity contribution in [1.82, 2.24) is 0 Å². The smallest absolute Gasteiger partial charge is 0.208 e. The van der Waals surface area contributed by atoms with E-state index in [1.807, 2.05) is 13.8 Å². The quantitative estimate of drug-likeness (QED) is 0.543. The molecular weight excluding hydrogens is 204 g/mol. The van der Waals surface area contributed by atoms with Gasteiger partial charge in [0.2, 0.25) is 5.78 Å². The summed E-state index contributed by atoms with van der Waals surface area (Å²) in [5.41, 5.74) is 0. The average Bonchev–Trinajstić information content (AvgIpc) is 2.27. The summed E-state index contributed by atoms with van der Waals surface area (Å²) in [5.74, 6) is 5.31. The third-order valence-electron chi connectivity index (χ3n) is 2.40. The molecule has 0 amide bonds. The van der Waals surface area contributed by atoms with Crippen LogP contribution in [0.15, 0.2) is 0 Å². The minimum Gasteiger partial charge on any atom is -0.353 e. The summed E-state index contributed by atoms with van der Waals surface area (Å²) >= 11 is 0. The molecule has 1 heterocycles. The molecular formula is C13H20O3. The van der Waals surface area contributed by atoms with Crippen LogP contribution in [0, 0.1) is 11.8 Å². The van der Waals surface area contributed by atoms with Gasteiger partial charge >= 0.3 is 0 Å². The first kappa shape index (κ1) is 13.2. The fourth-order valence-electron chi connectivity index (χ4n) is 1.62. The molecule has 3 nitrogen and oxygen atoms in total. The maximum Gasteiger partial charge on any atom is 0.208 e. The van der Waals surface area contributed by atoms with E-state index in [1.54, 1.807) is 0 Å². The van der Waals surface area contributed by atoms with E-state index in [9.17, 15) is 4.79 Å². The molecule has 0 aromatic carbocycles. The van der Waals surface area contributed by atoms with Gasteiger partial charge in [0.25, 0.3) is 0 Å². The lowest BCUT2D eigenvalue weighted by molar-refractivity contribution is -0.185. The Morgan fingerprint density at radius 1 is 1.56 bits per heavy atom. The fraction of sp³-hybridized carbons (Fsp3) is 0.769. The maximum atomic E-state index is 11.4. The molecule has 1 unspecified atom stereocenters. The summed E-state index contributed by atoms with van der Waals surface area (Å²) in [7, 11) is 0. The summed E-state index contributed by atoms with van der Waals surface area (Å²) in [6.45, 7) is 4.58. The third-order valence-corrected chi connectivity index (χ3v) is 2.40. The van der Waals surface area contributed by atoms with E-state index in [1.165, 1.54) is 0 Å². The second-order valence-electron chi connectivity index (χ2n) is 4.03. The van der Waals surface area contributed by atoms with Crippen molar-refractivity contribution in [2.75, 3.05) is 6.61 Å². The van der Waals surface area contributed by atoms with Gasteiger partial charge in [-0.2, -0.15) is 0 Å². The van der Waals surface area contributed by atoms with Crippen molar-refractivity contribution in [2.45, 2.75) is 58.3 Å². The van der Waals surface area contributed by atoms with Crippen molar-refractivity contribution in [2.24, 2.45) is 0 Å². The van der Waals surface area contributed by atoms with Crippen molar-refractivity contribution in [3.8, 4) is 11.8 Å². The maximum absolute atomic E-state index is 11.4. The Kier molecular flexibility index (Phi) is 6.14. The molecule has 0 aromatic rings. The predicted molar refractivity (Wildman–Crippen MR) is 61.8 cm³/mol. The molecule has 1 rings (SSSR count). The molecule has 1 aliphatic rings. The van der Waals surface area contributed by atoms with Crippen LogP contribution in [0.2, 0.25) is 0 Å². The lowest BCUT2D eigenvalue weighted by Crippen LogP contribution is -2.27. The van der Waals surface area contributed by atoms with Crippen LogP contribution in [0.5, 0.6) is 0 Å². The van der Waals surface area contributed by atoms with E-state index < -0.39 is 0 Å². The molecule has 0 spiro atoms. The van der Waals surface area contributed by atoms with Crippen molar-refractivity contribution in [3.63, 3.8) is 0 Å². The Balaban J connectivity index is 2.23. The number of Topliss-reactive ketones (excluding diaryl/α,β-unsaturated/α-hetero) is 1. The summed E-state index contributed by atoms with van der Waals surface area (Å²) in [6.07, 6.45) is 4.01. The third kappa shape index (κ3) is 5.29. The van der Waals surface area contributed by atoms with Crippen molar-refractivity contribution in [3.05, 3.63) is 0 Å². The van der Waals surface area contributed by atoms with Crippen LogP contribution in [0.3, 0.4) is 0 Å². The molecule has 2 atom stereocenters. The second-order valence-corrected chi connectivity index (χ2v) is 4.03. The zero-order valence-corrected chi connectivity index (χ0v) is 10.1. The van der Waals surface area contributed by atoms with Crippen molar-refractivity contribution < 1.29 is 14.3 Å². The summed E-state index contributed by atoms with van der Waals surface area (Å²) < 4.78 is 11.1. The number of hydrogen-bond donors (Lipinski definition) is 0. The van der Waals surface area contributed by atoms with Gasteiger partial charge in [0.05, 0.1) is 6.10 Å². The monoisotopic (exact) mass is 224 g/mol. The lowest BCUT2D eigenvalue weighted by Gasteiger charge is -2.25. The highest BCUT2D eigenvalue weighted by Gasteiger charge is 2.18. The Hall–Kier alpha value is -0.850.